The molecule has 0 aromatic heterocycles. The number of ether oxygens (including phenoxy) is 4. The lowest BCUT2D eigenvalue weighted by Gasteiger charge is -2.40. The van der Waals surface area contributed by atoms with Gasteiger partial charge in [0.05, 0.1) is 34.9 Å². The molecule has 5 atom stereocenters. The lowest BCUT2D eigenvalue weighted by molar-refractivity contribution is -0.315. The third-order valence-electron chi connectivity index (χ3n) is 7.60. The summed E-state index contributed by atoms with van der Waals surface area (Å²) in [5, 5.41) is 46.3. The summed E-state index contributed by atoms with van der Waals surface area (Å²) in [6.07, 6.45) is -1.64. The Balaban J connectivity index is -0.000000881. The Labute approximate surface area is 327 Å². The maximum atomic E-state index is 11.9. The number of rotatable bonds is 19. The van der Waals surface area contributed by atoms with Gasteiger partial charge in [-0.3, -0.25) is 14.4 Å². The molecule has 0 aromatic carbocycles. The van der Waals surface area contributed by atoms with Gasteiger partial charge in [-0.25, -0.2) is 0 Å². The highest BCUT2D eigenvalue weighted by Gasteiger charge is 2.45. The van der Waals surface area contributed by atoms with E-state index in [1.807, 2.05) is 104 Å². The van der Waals surface area contributed by atoms with Crippen molar-refractivity contribution >= 4 is 17.7 Å². The van der Waals surface area contributed by atoms with Gasteiger partial charge in [0.1, 0.15) is 18.2 Å². The Morgan fingerprint density at radius 1 is 0.815 bits per heavy atom. The topological polar surface area (TPSA) is 209 Å². The molecule has 54 heavy (non-hydrogen) atoms. The zero-order valence-electron chi connectivity index (χ0n) is 36.7. The van der Waals surface area contributed by atoms with Crippen molar-refractivity contribution in [1.29, 1.82) is 5.26 Å². The Kier molecular flexibility index (Phi) is 29.1. The van der Waals surface area contributed by atoms with Gasteiger partial charge in [-0.05, 0) is 94.4 Å². The highest BCUT2D eigenvalue weighted by atomic mass is 16.7. The highest BCUT2D eigenvalue weighted by molar-refractivity contribution is 5.77. The summed E-state index contributed by atoms with van der Waals surface area (Å²) in [4.78, 5) is 34.5. The van der Waals surface area contributed by atoms with E-state index in [1.54, 1.807) is 0 Å². The first-order valence-corrected chi connectivity index (χ1v) is 19.7. The Bertz CT molecular complexity index is 1070. The molecule has 1 heterocycles. The van der Waals surface area contributed by atoms with E-state index in [0.717, 1.165) is 12.8 Å². The molecule has 14 heteroatoms. The predicted molar refractivity (Wildman–Crippen MR) is 212 cm³/mol. The van der Waals surface area contributed by atoms with Crippen molar-refractivity contribution in [2.75, 3.05) is 26.3 Å². The lowest BCUT2D eigenvalue weighted by Crippen LogP contribution is -2.63. The number of carbonyl (C=O) groups is 3. The van der Waals surface area contributed by atoms with Gasteiger partial charge in [0.15, 0.2) is 12.6 Å². The van der Waals surface area contributed by atoms with Crippen LogP contribution in [0.1, 0.15) is 149 Å². The lowest BCUT2D eigenvalue weighted by atomic mass is 9.90. The van der Waals surface area contributed by atoms with Gasteiger partial charge in [-0.1, -0.05) is 41.5 Å². The largest absolute Gasteiger partial charge is 0.388 e. The molecule has 14 nitrogen and oxygen atoms in total. The Morgan fingerprint density at radius 3 is 1.89 bits per heavy atom. The first-order valence-electron chi connectivity index (χ1n) is 19.7. The van der Waals surface area contributed by atoms with Crippen molar-refractivity contribution in [3.63, 3.8) is 0 Å². The van der Waals surface area contributed by atoms with E-state index in [2.05, 4.69) is 22.0 Å². The van der Waals surface area contributed by atoms with Crippen LogP contribution in [-0.4, -0.2) is 107 Å². The maximum Gasteiger partial charge on any atom is 0.222 e. The van der Waals surface area contributed by atoms with Crippen LogP contribution in [0.25, 0.3) is 0 Å². The molecule has 0 saturated carbocycles. The van der Waals surface area contributed by atoms with Crippen molar-refractivity contribution in [2.24, 2.45) is 11.3 Å². The Hall–Kier alpha value is -2.38. The molecule has 6 N–H and O–H groups in total. The summed E-state index contributed by atoms with van der Waals surface area (Å²) in [7, 11) is 0. The summed E-state index contributed by atoms with van der Waals surface area (Å²) in [5.74, 6) is -0.446. The zero-order valence-corrected chi connectivity index (χ0v) is 36.7. The summed E-state index contributed by atoms with van der Waals surface area (Å²) >= 11 is 0. The number of hydrogen-bond donors (Lipinski definition) is 6. The fourth-order valence-electron chi connectivity index (χ4n) is 4.77. The van der Waals surface area contributed by atoms with Crippen LogP contribution < -0.4 is 16.0 Å². The van der Waals surface area contributed by atoms with Crippen molar-refractivity contribution in [1.82, 2.24) is 16.0 Å². The van der Waals surface area contributed by atoms with E-state index in [1.165, 1.54) is 6.92 Å². The van der Waals surface area contributed by atoms with Gasteiger partial charge in [0.25, 0.3) is 0 Å². The van der Waals surface area contributed by atoms with Crippen LogP contribution in [0.15, 0.2) is 0 Å². The molecule has 0 unspecified atom stereocenters. The van der Waals surface area contributed by atoms with E-state index >= 15 is 0 Å². The van der Waals surface area contributed by atoms with Gasteiger partial charge >= 0.3 is 0 Å². The minimum atomic E-state index is -1.59. The summed E-state index contributed by atoms with van der Waals surface area (Å²) in [5.41, 5.74) is -1.40. The number of carbonyl (C=O) groups excluding carboxylic acids is 3. The molecule has 0 radical (unpaired) electrons. The van der Waals surface area contributed by atoms with Crippen LogP contribution in [0.2, 0.25) is 0 Å². The normalized spacial score (nSPS) is 20.1. The van der Waals surface area contributed by atoms with Crippen molar-refractivity contribution in [2.45, 2.75) is 197 Å². The Morgan fingerprint density at radius 2 is 1.39 bits per heavy atom. The molecule has 0 spiro atoms. The fraction of sp³-hybridized carbons (Fsp3) is 0.900. The standard InChI is InChI=1S/C20H38N2O3.C16H30N2O7.2C2H6/c1-17(2,3)25-20(8,9)15-24-19(6,7)12-13-22-16(23)10-11-18(4,5)14-21;1-9(2)14(22)17-7-5-4-6-8-24-16-11(18-10(3)19)12(20)13(21)15(23)25-16;2*1-2/h10-13,15H2,1-9H3,(H,22,23);9,11-13,15-16,20-21,23H,4-8H2,1-3H3,(H,17,22)(H,18,19);2*1-2H3/t;11-,12-,13-,15+,16-;;/m.1../s1. The molecule has 0 bridgehead atoms. The van der Waals surface area contributed by atoms with Crippen LogP contribution in [0, 0.1) is 22.7 Å². The minimum Gasteiger partial charge on any atom is -0.388 e. The minimum absolute atomic E-state index is 0.0180. The molecule has 1 saturated heterocycles. The van der Waals surface area contributed by atoms with Crippen LogP contribution in [0.5, 0.6) is 0 Å². The number of nitriles is 1. The second-order valence-electron chi connectivity index (χ2n) is 16.1. The van der Waals surface area contributed by atoms with Crippen LogP contribution in [0.4, 0.5) is 0 Å². The van der Waals surface area contributed by atoms with Crippen molar-refractivity contribution in [3.8, 4) is 6.07 Å². The molecule has 0 aromatic rings. The van der Waals surface area contributed by atoms with E-state index in [4.69, 9.17) is 24.2 Å². The molecule has 3 amide bonds. The van der Waals surface area contributed by atoms with Crippen LogP contribution >= 0.6 is 0 Å². The van der Waals surface area contributed by atoms with Crippen molar-refractivity contribution in [3.05, 3.63) is 0 Å². The SMILES string of the molecule is CC.CC.CC(=O)N[C@H]1[C@H](OCCCCCNC(=O)C(C)C)O[C@H](O)[C@H](O)[C@@H]1O.CC(C)(C#N)CCC(=O)NCCC(C)(C)OCC(C)(C)OC(C)(C)C. The molecule has 320 valence electrons. The number of unbranched alkanes of at least 4 members (excludes halogenated alkanes) is 2. The average molecular weight is 777 g/mol. The van der Waals surface area contributed by atoms with E-state index in [0.29, 0.717) is 45.4 Å². The average Bonchev–Trinajstić information content (AvgIpc) is 3.07. The fourth-order valence-corrected chi connectivity index (χ4v) is 4.77. The highest BCUT2D eigenvalue weighted by Crippen LogP contribution is 2.24. The quantitative estimate of drug-likeness (QED) is 0.0950. The summed E-state index contributed by atoms with van der Waals surface area (Å²) < 4.78 is 22.7. The van der Waals surface area contributed by atoms with Crippen LogP contribution in [-0.2, 0) is 33.3 Å². The number of aliphatic hydroxyl groups is 3. The van der Waals surface area contributed by atoms with Gasteiger partial charge in [0, 0.05) is 39.0 Å². The second kappa shape index (κ2) is 28.1. The summed E-state index contributed by atoms with van der Waals surface area (Å²) in [6, 6.07) is 1.24. The maximum absolute atomic E-state index is 11.9. The van der Waals surface area contributed by atoms with Gasteiger partial charge in [-0.2, -0.15) is 5.26 Å². The molecule has 1 fully saturated rings. The predicted octanol–water partition coefficient (Wildman–Crippen LogP) is 5.11. The molecule has 1 aliphatic heterocycles. The van der Waals surface area contributed by atoms with Gasteiger partial charge in [-0.15, -0.1) is 0 Å². The molecular formula is C40H80N4O10. The number of nitrogens with one attached hydrogen (secondary N) is 3. The third-order valence-corrected chi connectivity index (χ3v) is 7.60. The number of hydrogen-bond acceptors (Lipinski definition) is 11. The molecule has 1 rings (SSSR count). The molecular weight excluding hydrogens is 696 g/mol. The van der Waals surface area contributed by atoms with Gasteiger partial charge < -0.3 is 50.2 Å². The van der Waals surface area contributed by atoms with E-state index in [9.17, 15) is 29.7 Å². The van der Waals surface area contributed by atoms with Crippen LogP contribution in [0.3, 0.4) is 0 Å². The molecule has 1 aliphatic rings. The zero-order chi connectivity index (χ0) is 42.9. The second-order valence-corrected chi connectivity index (χ2v) is 16.1. The smallest absolute Gasteiger partial charge is 0.222 e. The monoisotopic (exact) mass is 777 g/mol. The first-order chi connectivity index (χ1) is 24.8. The number of aliphatic hydroxyl groups excluding tert-OH is 3. The number of nitrogens with zero attached hydrogens (tertiary/aromatic N) is 1. The van der Waals surface area contributed by atoms with E-state index in [-0.39, 0.29) is 41.1 Å². The number of amides is 3. The van der Waals surface area contributed by atoms with Gasteiger partial charge in [0.2, 0.25) is 17.7 Å². The summed E-state index contributed by atoms with van der Waals surface area (Å²) in [6.45, 7) is 32.7. The van der Waals surface area contributed by atoms with E-state index < -0.39 is 42.2 Å². The third kappa shape index (κ3) is 28.1. The van der Waals surface area contributed by atoms with Crippen molar-refractivity contribution < 1.29 is 48.7 Å². The molecule has 0 aliphatic carbocycles. The first kappa shape index (κ1) is 56.0.